The number of carbonyl (C=O) groups is 1. The summed E-state index contributed by atoms with van der Waals surface area (Å²) in [6.45, 7) is 2.24. The molecule has 1 aromatic carbocycles. The van der Waals surface area contributed by atoms with Gasteiger partial charge in [0.2, 0.25) is 10.0 Å². The Balaban J connectivity index is 2.20. The van der Waals surface area contributed by atoms with Crippen LogP contribution < -0.4 is 0 Å². The fraction of sp³-hybridized carbons (Fsp3) is 0.533. The highest BCUT2D eigenvalue weighted by atomic mass is 32.2. The number of hydrogen-bond acceptors (Lipinski definition) is 4. The molecule has 0 unspecified atom stereocenters. The van der Waals surface area contributed by atoms with Gasteiger partial charge in [0.25, 0.3) is 0 Å². The van der Waals surface area contributed by atoms with Crippen molar-refractivity contribution in [2.24, 2.45) is 0 Å². The van der Waals surface area contributed by atoms with Crippen molar-refractivity contribution in [1.82, 2.24) is 4.31 Å². The van der Waals surface area contributed by atoms with Crippen molar-refractivity contribution in [3.63, 3.8) is 0 Å². The van der Waals surface area contributed by atoms with Gasteiger partial charge in [0.05, 0.1) is 18.4 Å². The van der Waals surface area contributed by atoms with E-state index in [-0.39, 0.29) is 13.0 Å². The second-order valence-electron chi connectivity index (χ2n) is 5.11. The lowest BCUT2D eigenvalue weighted by molar-refractivity contribution is -0.140. The van der Waals surface area contributed by atoms with Crippen molar-refractivity contribution in [3.05, 3.63) is 29.3 Å². The Hall–Kier alpha value is -1.40. The standard InChI is InChI=1S/C15H21NO4S/c1-3-16(10-9-15(17)20-2)21(18,19)14-8-7-12-5-4-6-13(12)11-14/h7-8,11H,3-6,9-10H2,1-2H3. The van der Waals surface area contributed by atoms with Crippen molar-refractivity contribution in [1.29, 1.82) is 0 Å². The minimum Gasteiger partial charge on any atom is -0.469 e. The molecular formula is C15H21NO4S. The minimum absolute atomic E-state index is 0.0640. The molecule has 0 saturated carbocycles. The largest absolute Gasteiger partial charge is 0.469 e. The normalized spacial score (nSPS) is 14.2. The molecule has 0 amide bonds. The zero-order chi connectivity index (χ0) is 15.5. The number of fused-ring (bicyclic) bond motifs is 1. The Morgan fingerprint density at radius 1 is 1.29 bits per heavy atom. The molecule has 0 atom stereocenters. The second kappa shape index (κ2) is 6.58. The molecule has 1 aliphatic rings. The molecule has 0 aromatic heterocycles. The lowest BCUT2D eigenvalue weighted by atomic mass is 10.1. The Bertz CT molecular complexity index is 625. The van der Waals surface area contributed by atoms with Gasteiger partial charge in [-0.15, -0.1) is 0 Å². The number of benzene rings is 1. The van der Waals surface area contributed by atoms with Crippen LogP contribution in [-0.2, 0) is 32.4 Å². The summed E-state index contributed by atoms with van der Waals surface area (Å²) in [5.74, 6) is -0.405. The highest BCUT2D eigenvalue weighted by molar-refractivity contribution is 7.89. The maximum atomic E-state index is 12.6. The molecule has 116 valence electrons. The van der Waals surface area contributed by atoms with E-state index in [1.54, 1.807) is 19.1 Å². The summed E-state index contributed by atoms with van der Waals surface area (Å²) in [4.78, 5) is 11.5. The van der Waals surface area contributed by atoms with Gasteiger partial charge in [-0.1, -0.05) is 13.0 Å². The van der Waals surface area contributed by atoms with Gasteiger partial charge in [0.1, 0.15) is 0 Å². The van der Waals surface area contributed by atoms with Crippen LogP contribution in [0.1, 0.15) is 30.9 Å². The summed E-state index contributed by atoms with van der Waals surface area (Å²) in [7, 11) is -2.25. The van der Waals surface area contributed by atoms with Crippen molar-refractivity contribution in [3.8, 4) is 0 Å². The SMILES string of the molecule is CCN(CCC(=O)OC)S(=O)(=O)c1ccc2c(c1)CCC2. The van der Waals surface area contributed by atoms with E-state index in [1.165, 1.54) is 17.0 Å². The van der Waals surface area contributed by atoms with Crippen LogP contribution in [-0.4, -0.2) is 38.9 Å². The van der Waals surface area contributed by atoms with Crippen molar-refractivity contribution in [2.45, 2.75) is 37.5 Å². The smallest absolute Gasteiger partial charge is 0.306 e. The fourth-order valence-corrected chi connectivity index (χ4v) is 4.12. The Morgan fingerprint density at radius 3 is 2.67 bits per heavy atom. The van der Waals surface area contributed by atoms with E-state index >= 15 is 0 Å². The molecule has 0 fully saturated rings. The van der Waals surface area contributed by atoms with Crippen LogP contribution in [0.5, 0.6) is 0 Å². The van der Waals surface area contributed by atoms with Crippen molar-refractivity contribution in [2.75, 3.05) is 20.2 Å². The van der Waals surface area contributed by atoms with Crippen LogP contribution in [0.25, 0.3) is 0 Å². The van der Waals surface area contributed by atoms with Crippen molar-refractivity contribution >= 4 is 16.0 Å². The zero-order valence-corrected chi connectivity index (χ0v) is 13.3. The molecule has 0 aliphatic heterocycles. The van der Waals surface area contributed by atoms with Gasteiger partial charge < -0.3 is 4.74 Å². The van der Waals surface area contributed by atoms with E-state index in [9.17, 15) is 13.2 Å². The molecule has 0 saturated heterocycles. The number of carbonyl (C=O) groups excluding carboxylic acids is 1. The van der Waals surface area contributed by atoms with Crippen LogP contribution >= 0.6 is 0 Å². The summed E-state index contributed by atoms with van der Waals surface area (Å²) in [5, 5.41) is 0. The molecule has 2 rings (SSSR count). The molecular weight excluding hydrogens is 290 g/mol. The number of hydrogen-bond donors (Lipinski definition) is 0. The van der Waals surface area contributed by atoms with Crippen LogP contribution in [0.15, 0.2) is 23.1 Å². The Kier molecular flexibility index (Phi) is 5.00. The number of esters is 1. The first kappa shape index (κ1) is 16.0. The monoisotopic (exact) mass is 311 g/mol. The van der Waals surface area contributed by atoms with E-state index in [2.05, 4.69) is 4.74 Å². The molecule has 0 bridgehead atoms. The van der Waals surface area contributed by atoms with Gasteiger partial charge in [0.15, 0.2) is 0 Å². The van der Waals surface area contributed by atoms with E-state index < -0.39 is 16.0 Å². The number of nitrogens with zero attached hydrogens (tertiary/aromatic N) is 1. The van der Waals surface area contributed by atoms with E-state index in [1.807, 2.05) is 6.07 Å². The highest BCUT2D eigenvalue weighted by Gasteiger charge is 2.25. The number of ether oxygens (including phenoxy) is 1. The van der Waals surface area contributed by atoms with E-state index in [4.69, 9.17) is 0 Å². The lowest BCUT2D eigenvalue weighted by Crippen LogP contribution is -2.33. The molecule has 21 heavy (non-hydrogen) atoms. The first-order valence-corrected chi connectivity index (χ1v) is 8.61. The lowest BCUT2D eigenvalue weighted by Gasteiger charge is -2.20. The van der Waals surface area contributed by atoms with E-state index in [0.29, 0.717) is 11.4 Å². The van der Waals surface area contributed by atoms with Gasteiger partial charge in [-0.05, 0) is 42.5 Å². The first-order valence-electron chi connectivity index (χ1n) is 7.17. The average molecular weight is 311 g/mol. The summed E-state index contributed by atoms with van der Waals surface area (Å²) in [5.41, 5.74) is 2.37. The van der Waals surface area contributed by atoms with Gasteiger partial charge in [-0.25, -0.2) is 8.42 Å². The fourth-order valence-electron chi connectivity index (χ4n) is 2.62. The predicted octanol–water partition coefficient (Wildman–Crippen LogP) is 1.75. The third kappa shape index (κ3) is 3.44. The minimum atomic E-state index is -3.55. The summed E-state index contributed by atoms with van der Waals surface area (Å²) >= 11 is 0. The molecule has 1 aliphatic carbocycles. The number of rotatable bonds is 6. The molecule has 1 aromatic rings. The molecule has 0 spiro atoms. The number of aryl methyl sites for hydroxylation is 2. The Morgan fingerprint density at radius 2 is 2.00 bits per heavy atom. The maximum Gasteiger partial charge on any atom is 0.306 e. The van der Waals surface area contributed by atoms with Gasteiger partial charge >= 0.3 is 5.97 Å². The second-order valence-corrected chi connectivity index (χ2v) is 7.04. The molecule has 0 radical (unpaired) electrons. The van der Waals surface area contributed by atoms with Crippen molar-refractivity contribution < 1.29 is 17.9 Å². The Labute approximate surface area is 126 Å². The molecule has 0 N–H and O–H groups in total. The van der Waals surface area contributed by atoms with E-state index in [0.717, 1.165) is 24.8 Å². The quantitative estimate of drug-likeness (QED) is 0.751. The topological polar surface area (TPSA) is 63.7 Å². The predicted molar refractivity (Wildman–Crippen MR) is 79.5 cm³/mol. The van der Waals surface area contributed by atoms with Gasteiger partial charge in [0, 0.05) is 13.1 Å². The number of sulfonamides is 1. The first-order chi connectivity index (χ1) is 9.98. The van der Waals surface area contributed by atoms with Crippen LogP contribution in [0, 0.1) is 0 Å². The van der Waals surface area contributed by atoms with Gasteiger partial charge in [-0.2, -0.15) is 4.31 Å². The third-order valence-electron chi connectivity index (χ3n) is 3.85. The highest BCUT2D eigenvalue weighted by Crippen LogP contribution is 2.26. The maximum absolute atomic E-state index is 12.6. The molecule has 0 heterocycles. The summed E-state index contributed by atoms with van der Waals surface area (Å²) < 4.78 is 31.2. The summed E-state index contributed by atoms with van der Waals surface area (Å²) in [6, 6.07) is 5.35. The molecule has 5 nitrogen and oxygen atoms in total. The van der Waals surface area contributed by atoms with Crippen LogP contribution in [0.4, 0.5) is 0 Å². The molecule has 6 heteroatoms. The van der Waals surface area contributed by atoms with Gasteiger partial charge in [-0.3, -0.25) is 4.79 Å². The van der Waals surface area contributed by atoms with Crippen LogP contribution in [0.3, 0.4) is 0 Å². The number of methoxy groups -OCH3 is 1. The zero-order valence-electron chi connectivity index (χ0n) is 12.5. The summed E-state index contributed by atoms with van der Waals surface area (Å²) in [6.07, 6.45) is 3.11. The average Bonchev–Trinajstić information content (AvgIpc) is 2.94. The third-order valence-corrected chi connectivity index (χ3v) is 5.82. The van der Waals surface area contributed by atoms with Crippen LogP contribution in [0.2, 0.25) is 0 Å².